The molecular weight excluding hydrogens is 198 g/mol. The fourth-order valence-corrected chi connectivity index (χ4v) is 2.12. The third kappa shape index (κ3) is 2.95. The number of likely N-dealkylation sites (tertiary alicyclic amines) is 1. The first-order valence-electron chi connectivity index (χ1n) is 6.00. The molecule has 1 aromatic heterocycles. The molecule has 0 saturated carbocycles. The maximum atomic E-state index is 4.02. The van der Waals surface area contributed by atoms with Crippen molar-refractivity contribution in [1.82, 2.24) is 9.88 Å². The van der Waals surface area contributed by atoms with Crippen LogP contribution in [0.25, 0.3) is 0 Å². The summed E-state index contributed by atoms with van der Waals surface area (Å²) in [5.74, 6) is 0. The molecular formula is C13H21N3. The van der Waals surface area contributed by atoms with Gasteiger partial charge in [-0.1, -0.05) is 6.92 Å². The van der Waals surface area contributed by atoms with Crippen LogP contribution in [0.4, 0.5) is 5.69 Å². The van der Waals surface area contributed by atoms with Crippen molar-refractivity contribution in [2.24, 2.45) is 5.41 Å². The van der Waals surface area contributed by atoms with Crippen molar-refractivity contribution in [3.63, 3.8) is 0 Å². The van der Waals surface area contributed by atoms with Crippen molar-refractivity contribution in [2.75, 3.05) is 32.0 Å². The molecule has 88 valence electrons. The molecule has 0 spiro atoms. The first kappa shape index (κ1) is 11.4. The zero-order valence-corrected chi connectivity index (χ0v) is 10.2. The van der Waals surface area contributed by atoms with Gasteiger partial charge in [-0.25, -0.2) is 0 Å². The van der Waals surface area contributed by atoms with Gasteiger partial charge in [-0.3, -0.25) is 4.98 Å². The predicted octanol–water partition coefficient (Wildman–Crippen LogP) is 2.23. The topological polar surface area (TPSA) is 28.2 Å². The number of hydrogen-bond donors (Lipinski definition) is 1. The van der Waals surface area contributed by atoms with Gasteiger partial charge in [-0.2, -0.15) is 0 Å². The number of pyridine rings is 1. The molecule has 2 heterocycles. The number of rotatable bonds is 3. The number of nitrogens with one attached hydrogen (secondary N) is 1. The zero-order valence-electron chi connectivity index (χ0n) is 10.2. The standard InChI is InChI=1S/C13H21N3/c1-13(5-9-16(2)10-6-13)11-15-12-3-7-14-8-4-12/h3-4,7-8H,5-6,9-11H2,1-2H3,(H,14,15). The SMILES string of the molecule is CN1CCC(C)(CNc2ccncc2)CC1. The Morgan fingerprint density at radius 3 is 2.56 bits per heavy atom. The summed E-state index contributed by atoms with van der Waals surface area (Å²) in [4.78, 5) is 6.43. The van der Waals surface area contributed by atoms with Crippen LogP contribution >= 0.6 is 0 Å². The first-order valence-corrected chi connectivity index (χ1v) is 6.00. The van der Waals surface area contributed by atoms with E-state index in [2.05, 4.69) is 29.2 Å². The number of hydrogen-bond acceptors (Lipinski definition) is 3. The lowest BCUT2D eigenvalue weighted by atomic mass is 9.80. The van der Waals surface area contributed by atoms with Crippen LogP contribution in [-0.2, 0) is 0 Å². The van der Waals surface area contributed by atoms with E-state index < -0.39 is 0 Å². The van der Waals surface area contributed by atoms with E-state index >= 15 is 0 Å². The number of aromatic nitrogens is 1. The monoisotopic (exact) mass is 219 g/mol. The van der Waals surface area contributed by atoms with Crippen LogP contribution in [0.2, 0.25) is 0 Å². The molecule has 1 aliphatic heterocycles. The van der Waals surface area contributed by atoms with Gasteiger partial charge < -0.3 is 10.2 Å². The maximum absolute atomic E-state index is 4.02. The Morgan fingerprint density at radius 1 is 1.31 bits per heavy atom. The maximum Gasteiger partial charge on any atom is 0.0371 e. The average molecular weight is 219 g/mol. The molecule has 0 amide bonds. The first-order chi connectivity index (χ1) is 7.68. The van der Waals surface area contributed by atoms with Gasteiger partial charge in [0.2, 0.25) is 0 Å². The minimum Gasteiger partial charge on any atom is -0.384 e. The summed E-state index contributed by atoms with van der Waals surface area (Å²) >= 11 is 0. The van der Waals surface area contributed by atoms with E-state index in [0.29, 0.717) is 5.41 Å². The molecule has 0 atom stereocenters. The molecule has 1 aliphatic rings. The Balaban J connectivity index is 1.85. The largest absolute Gasteiger partial charge is 0.384 e. The van der Waals surface area contributed by atoms with Gasteiger partial charge in [-0.15, -0.1) is 0 Å². The fraction of sp³-hybridized carbons (Fsp3) is 0.615. The quantitative estimate of drug-likeness (QED) is 0.845. The van der Waals surface area contributed by atoms with Crippen LogP contribution in [0.15, 0.2) is 24.5 Å². The summed E-state index contributed by atoms with van der Waals surface area (Å²) in [5.41, 5.74) is 1.62. The van der Waals surface area contributed by atoms with E-state index in [1.807, 2.05) is 24.5 Å². The minimum atomic E-state index is 0.440. The smallest absolute Gasteiger partial charge is 0.0371 e. The van der Waals surface area contributed by atoms with Crippen LogP contribution in [0.3, 0.4) is 0 Å². The second-order valence-electron chi connectivity index (χ2n) is 5.20. The van der Waals surface area contributed by atoms with Gasteiger partial charge in [0, 0.05) is 24.6 Å². The lowest BCUT2D eigenvalue weighted by Gasteiger charge is -2.38. The molecule has 0 radical (unpaired) electrons. The summed E-state index contributed by atoms with van der Waals surface area (Å²) in [6.07, 6.45) is 6.22. The Morgan fingerprint density at radius 2 is 1.94 bits per heavy atom. The summed E-state index contributed by atoms with van der Waals surface area (Å²) in [6, 6.07) is 4.05. The van der Waals surface area contributed by atoms with Crippen molar-refractivity contribution < 1.29 is 0 Å². The van der Waals surface area contributed by atoms with E-state index in [0.717, 1.165) is 6.54 Å². The van der Waals surface area contributed by atoms with Crippen molar-refractivity contribution in [1.29, 1.82) is 0 Å². The highest BCUT2D eigenvalue weighted by Crippen LogP contribution is 2.30. The van der Waals surface area contributed by atoms with Crippen LogP contribution in [0.1, 0.15) is 19.8 Å². The molecule has 2 rings (SSSR count). The van der Waals surface area contributed by atoms with Crippen LogP contribution in [0, 0.1) is 5.41 Å². The van der Waals surface area contributed by atoms with Crippen molar-refractivity contribution >= 4 is 5.69 Å². The number of nitrogens with zero attached hydrogens (tertiary/aromatic N) is 2. The minimum absolute atomic E-state index is 0.440. The van der Waals surface area contributed by atoms with Gasteiger partial charge in [0.15, 0.2) is 0 Å². The van der Waals surface area contributed by atoms with Gasteiger partial charge in [0.1, 0.15) is 0 Å². The van der Waals surface area contributed by atoms with E-state index in [9.17, 15) is 0 Å². The Hall–Kier alpha value is -1.09. The van der Waals surface area contributed by atoms with Gasteiger partial charge >= 0.3 is 0 Å². The highest BCUT2D eigenvalue weighted by Gasteiger charge is 2.28. The van der Waals surface area contributed by atoms with Crippen molar-refractivity contribution in [3.05, 3.63) is 24.5 Å². The van der Waals surface area contributed by atoms with E-state index in [1.165, 1.54) is 31.6 Å². The van der Waals surface area contributed by atoms with Crippen molar-refractivity contribution in [3.8, 4) is 0 Å². The lowest BCUT2D eigenvalue weighted by Crippen LogP contribution is -2.40. The molecule has 0 aromatic carbocycles. The number of anilines is 1. The molecule has 1 fully saturated rings. The third-order valence-electron chi connectivity index (χ3n) is 3.59. The molecule has 3 nitrogen and oxygen atoms in total. The second-order valence-corrected chi connectivity index (χ2v) is 5.20. The van der Waals surface area contributed by atoms with E-state index in [-0.39, 0.29) is 0 Å². The highest BCUT2D eigenvalue weighted by molar-refractivity contribution is 5.40. The van der Waals surface area contributed by atoms with E-state index in [4.69, 9.17) is 0 Å². The van der Waals surface area contributed by atoms with Gasteiger partial charge in [-0.05, 0) is 50.5 Å². The molecule has 1 aromatic rings. The van der Waals surface area contributed by atoms with Crippen LogP contribution in [0.5, 0.6) is 0 Å². The Bertz CT molecular complexity index is 315. The normalized spacial score (nSPS) is 20.6. The van der Waals surface area contributed by atoms with Gasteiger partial charge in [0.05, 0.1) is 0 Å². The molecule has 1 saturated heterocycles. The van der Waals surface area contributed by atoms with Crippen LogP contribution in [-0.4, -0.2) is 36.6 Å². The third-order valence-corrected chi connectivity index (χ3v) is 3.59. The molecule has 0 bridgehead atoms. The Labute approximate surface area is 97.9 Å². The fourth-order valence-electron chi connectivity index (χ4n) is 2.12. The number of piperidine rings is 1. The second kappa shape index (κ2) is 4.83. The van der Waals surface area contributed by atoms with Crippen LogP contribution < -0.4 is 5.32 Å². The molecule has 16 heavy (non-hydrogen) atoms. The van der Waals surface area contributed by atoms with Crippen molar-refractivity contribution in [2.45, 2.75) is 19.8 Å². The van der Waals surface area contributed by atoms with Gasteiger partial charge in [0.25, 0.3) is 0 Å². The highest BCUT2D eigenvalue weighted by atomic mass is 15.1. The zero-order chi connectivity index (χ0) is 11.4. The molecule has 3 heteroatoms. The summed E-state index contributed by atoms with van der Waals surface area (Å²) in [6.45, 7) is 5.88. The Kier molecular flexibility index (Phi) is 3.44. The molecule has 0 unspecified atom stereocenters. The van der Waals surface area contributed by atoms with E-state index in [1.54, 1.807) is 0 Å². The average Bonchev–Trinajstić information content (AvgIpc) is 2.33. The summed E-state index contributed by atoms with van der Waals surface area (Å²) in [5, 5.41) is 3.51. The summed E-state index contributed by atoms with van der Waals surface area (Å²) < 4.78 is 0. The summed E-state index contributed by atoms with van der Waals surface area (Å²) in [7, 11) is 2.20. The predicted molar refractivity (Wildman–Crippen MR) is 67.6 cm³/mol. The molecule has 1 N–H and O–H groups in total. The lowest BCUT2D eigenvalue weighted by molar-refractivity contribution is 0.150. The molecule has 0 aliphatic carbocycles.